The van der Waals surface area contributed by atoms with Crippen molar-refractivity contribution in [1.82, 2.24) is 0 Å². The van der Waals surface area contributed by atoms with Crippen LogP contribution in [0.1, 0.15) is 17.3 Å². The molecular weight excluding hydrogens is 401 g/mol. The van der Waals surface area contributed by atoms with Crippen molar-refractivity contribution >= 4 is 44.0 Å². The molecule has 0 unspecified atom stereocenters. The van der Waals surface area contributed by atoms with Crippen molar-refractivity contribution in [3.63, 3.8) is 0 Å². The molecule has 0 bridgehead atoms. The van der Waals surface area contributed by atoms with Gasteiger partial charge in [-0.2, -0.15) is 0 Å². The van der Waals surface area contributed by atoms with Crippen LogP contribution in [0.2, 0.25) is 0 Å². The minimum atomic E-state index is -3.44. The largest absolute Gasteiger partial charge is 0.322 e. The smallest absolute Gasteiger partial charge is 0.256 e. The summed E-state index contributed by atoms with van der Waals surface area (Å²) in [5.41, 5.74) is 0.800. The predicted octanol–water partition coefficient (Wildman–Crippen LogP) is 3.34. The topological polar surface area (TPSA) is 63.2 Å². The molecule has 4 nitrogen and oxygen atoms in total. The van der Waals surface area contributed by atoms with Gasteiger partial charge in [-0.3, -0.25) is 4.79 Å². The van der Waals surface area contributed by atoms with Crippen LogP contribution in [0.3, 0.4) is 0 Å². The first kappa shape index (κ1) is 16.0. The number of carbonyl (C=O) groups is 1. The minimum absolute atomic E-state index is 0.0411. The van der Waals surface area contributed by atoms with Crippen LogP contribution in [0.5, 0.6) is 0 Å². The Morgan fingerprint density at radius 3 is 2.52 bits per heavy atom. The highest BCUT2D eigenvalue weighted by Gasteiger charge is 2.20. The van der Waals surface area contributed by atoms with Crippen molar-refractivity contribution in [2.24, 2.45) is 0 Å². The van der Waals surface area contributed by atoms with Crippen molar-refractivity contribution in [2.75, 3.05) is 11.1 Å². The summed E-state index contributed by atoms with van der Waals surface area (Å²) >= 11 is 2.15. The summed E-state index contributed by atoms with van der Waals surface area (Å²) in [7, 11) is -3.44. The van der Waals surface area contributed by atoms with Crippen LogP contribution >= 0.6 is 22.6 Å². The Kier molecular flexibility index (Phi) is 5.00. The molecule has 2 aromatic rings. The molecule has 21 heavy (non-hydrogen) atoms. The molecule has 2 rings (SSSR count). The number of hydrogen-bond acceptors (Lipinski definition) is 3. The number of nitrogens with one attached hydrogen (secondary N) is 1. The van der Waals surface area contributed by atoms with E-state index in [-0.39, 0.29) is 16.2 Å². The van der Waals surface area contributed by atoms with E-state index >= 15 is 0 Å². The molecule has 0 saturated carbocycles. The number of rotatable bonds is 4. The maximum atomic E-state index is 12.3. The van der Waals surface area contributed by atoms with Gasteiger partial charge in [0, 0.05) is 9.26 Å². The highest BCUT2D eigenvalue weighted by molar-refractivity contribution is 14.1. The Morgan fingerprint density at radius 2 is 1.86 bits per heavy atom. The predicted molar refractivity (Wildman–Crippen MR) is 91.3 cm³/mol. The van der Waals surface area contributed by atoms with Gasteiger partial charge in [-0.25, -0.2) is 8.42 Å². The van der Waals surface area contributed by atoms with Gasteiger partial charge in [0.05, 0.1) is 16.2 Å². The molecule has 2 aromatic carbocycles. The molecule has 0 spiro atoms. The lowest BCUT2D eigenvalue weighted by atomic mass is 10.2. The number of anilines is 1. The summed E-state index contributed by atoms with van der Waals surface area (Å²) in [6.45, 7) is 1.56. The average molecular weight is 415 g/mol. The van der Waals surface area contributed by atoms with Crippen molar-refractivity contribution in [2.45, 2.75) is 11.8 Å². The van der Waals surface area contributed by atoms with Crippen LogP contribution in [0.15, 0.2) is 53.4 Å². The lowest BCUT2D eigenvalue weighted by Gasteiger charge is -2.10. The van der Waals surface area contributed by atoms with Crippen molar-refractivity contribution < 1.29 is 13.2 Å². The summed E-state index contributed by atoms with van der Waals surface area (Å²) < 4.78 is 25.1. The monoisotopic (exact) mass is 415 g/mol. The van der Waals surface area contributed by atoms with Crippen molar-refractivity contribution in [1.29, 1.82) is 0 Å². The fraction of sp³-hybridized carbons (Fsp3) is 0.133. The molecule has 0 aliphatic carbocycles. The van der Waals surface area contributed by atoms with Gasteiger partial charge in [-0.05, 0) is 52.9 Å². The molecule has 6 heteroatoms. The van der Waals surface area contributed by atoms with E-state index in [1.165, 1.54) is 12.1 Å². The first-order valence-corrected chi connectivity index (χ1v) is 9.06. The molecule has 0 atom stereocenters. The Bertz CT molecular complexity index is 772. The summed E-state index contributed by atoms with van der Waals surface area (Å²) in [5, 5.41) is 2.73. The van der Waals surface area contributed by atoms with E-state index in [0.717, 1.165) is 3.57 Å². The second-order valence-electron chi connectivity index (χ2n) is 4.36. The molecule has 0 aliphatic heterocycles. The summed E-state index contributed by atoms with van der Waals surface area (Å²) in [4.78, 5) is 12.4. The molecule has 0 aromatic heterocycles. The molecule has 0 radical (unpaired) electrons. The first-order chi connectivity index (χ1) is 9.94. The Morgan fingerprint density at radius 1 is 1.14 bits per heavy atom. The third-order valence-electron chi connectivity index (χ3n) is 2.93. The van der Waals surface area contributed by atoms with E-state index < -0.39 is 15.7 Å². The van der Waals surface area contributed by atoms with Crippen LogP contribution < -0.4 is 5.32 Å². The maximum Gasteiger partial charge on any atom is 0.256 e. The zero-order chi connectivity index (χ0) is 15.5. The third-order valence-corrected chi connectivity index (χ3v) is 5.39. The number of benzene rings is 2. The highest BCUT2D eigenvalue weighted by Crippen LogP contribution is 2.19. The molecule has 1 N–H and O–H groups in total. The zero-order valence-electron chi connectivity index (χ0n) is 11.3. The maximum absolute atomic E-state index is 12.3. The van der Waals surface area contributed by atoms with E-state index in [1.807, 2.05) is 18.2 Å². The van der Waals surface area contributed by atoms with E-state index in [2.05, 4.69) is 27.9 Å². The SMILES string of the molecule is CCS(=O)(=O)c1ccccc1C(=O)Nc1cccc(I)c1. The quantitative estimate of drug-likeness (QED) is 0.780. The first-order valence-electron chi connectivity index (χ1n) is 6.33. The number of hydrogen-bond donors (Lipinski definition) is 1. The fourth-order valence-corrected chi connectivity index (χ4v) is 3.48. The van der Waals surface area contributed by atoms with Crippen molar-refractivity contribution in [3.8, 4) is 0 Å². The van der Waals surface area contributed by atoms with Crippen LogP contribution in [0.25, 0.3) is 0 Å². The molecule has 0 aliphatic rings. The summed E-state index contributed by atoms with van der Waals surface area (Å²) in [5.74, 6) is -0.467. The Balaban J connectivity index is 2.37. The van der Waals surface area contributed by atoms with Crippen LogP contribution in [0, 0.1) is 3.57 Å². The van der Waals surface area contributed by atoms with Gasteiger partial charge in [-0.1, -0.05) is 25.1 Å². The molecule has 0 saturated heterocycles. The standard InChI is InChI=1S/C15H14INO3S/c1-2-21(19,20)14-9-4-3-8-13(14)15(18)17-12-7-5-6-11(16)10-12/h3-10H,2H2,1H3,(H,17,18). The van der Waals surface area contributed by atoms with E-state index in [4.69, 9.17) is 0 Å². The molecular formula is C15H14INO3S. The summed E-state index contributed by atoms with van der Waals surface area (Å²) in [6.07, 6.45) is 0. The Hall–Kier alpha value is -1.41. The number of halogens is 1. The molecule has 110 valence electrons. The van der Waals surface area contributed by atoms with Gasteiger partial charge >= 0.3 is 0 Å². The number of carbonyl (C=O) groups excluding carboxylic acids is 1. The molecule has 0 heterocycles. The van der Waals surface area contributed by atoms with Gasteiger partial charge in [0.1, 0.15) is 0 Å². The van der Waals surface area contributed by atoms with Crippen LogP contribution in [0.4, 0.5) is 5.69 Å². The normalized spacial score (nSPS) is 11.1. The van der Waals surface area contributed by atoms with Gasteiger partial charge in [0.25, 0.3) is 5.91 Å². The fourth-order valence-electron chi connectivity index (χ4n) is 1.85. The minimum Gasteiger partial charge on any atom is -0.322 e. The van der Waals surface area contributed by atoms with E-state index in [9.17, 15) is 13.2 Å². The van der Waals surface area contributed by atoms with Crippen LogP contribution in [-0.2, 0) is 9.84 Å². The van der Waals surface area contributed by atoms with Gasteiger partial charge < -0.3 is 5.32 Å². The zero-order valence-corrected chi connectivity index (χ0v) is 14.3. The number of amides is 1. The van der Waals surface area contributed by atoms with Gasteiger partial charge in [0.2, 0.25) is 0 Å². The molecule has 0 fully saturated rings. The van der Waals surface area contributed by atoms with E-state index in [1.54, 1.807) is 25.1 Å². The van der Waals surface area contributed by atoms with Crippen molar-refractivity contribution in [3.05, 3.63) is 57.7 Å². The highest BCUT2D eigenvalue weighted by atomic mass is 127. The van der Waals surface area contributed by atoms with Gasteiger partial charge in [0.15, 0.2) is 9.84 Å². The lowest BCUT2D eigenvalue weighted by Crippen LogP contribution is -2.17. The van der Waals surface area contributed by atoms with Gasteiger partial charge in [-0.15, -0.1) is 0 Å². The molecule has 1 amide bonds. The Labute approximate surface area is 137 Å². The van der Waals surface area contributed by atoms with E-state index in [0.29, 0.717) is 5.69 Å². The average Bonchev–Trinajstić information content (AvgIpc) is 2.47. The second kappa shape index (κ2) is 6.57. The lowest BCUT2D eigenvalue weighted by molar-refractivity contribution is 0.102. The number of sulfone groups is 1. The second-order valence-corrected chi connectivity index (χ2v) is 7.86. The summed E-state index contributed by atoms with van der Waals surface area (Å²) in [6, 6.07) is 13.6. The van der Waals surface area contributed by atoms with Crippen LogP contribution in [-0.4, -0.2) is 20.1 Å². The third kappa shape index (κ3) is 3.82.